The summed E-state index contributed by atoms with van der Waals surface area (Å²) < 4.78 is 5.30. The van der Waals surface area contributed by atoms with Crippen LogP contribution < -0.4 is 15.7 Å². The summed E-state index contributed by atoms with van der Waals surface area (Å²) in [4.78, 5) is 25.3. The second-order valence-electron chi connectivity index (χ2n) is 7.28. The third kappa shape index (κ3) is 6.07. The Hall–Kier alpha value is -2.54. The van der Waals surface area contributed by atoms with Crippen LogP contribution in [0.1, 0.15) is 39.2 Å². The fourth-order valence-corrected chi connectivity index (χ4v) is 2.86. The van der Waals surface area contributed by atoms with Crippen molar-refractivity contribution in [3.05, 3.63) is 35.9 Å². The maximum absolute atomic E-state index is 11.9. The highest BCUT2D eigenvalue weighted by Crippen LogP contribution is 2.25. The second kappa shape index (κ2) is 8.71. The van der Waals surface area contributed by atoms with E-state index in [1.165, 1.54) is 6.08 Å². The lowest BCUT2D eigenvalue weighted by Gasteiger charge is -2.35. The Morgan fingerprint density at radius 2 is 1.88 bits per heavy atom. The van der Waals surface area contributed by atoms with Crippen LogP contribution in [0.3, 0.4) is 0 Å². The van der Waals surface area contributed by atoms with Crippen LogP contribution in [0.15, 0.2) is 30.3 Å². The largest absolute Gasteiger partial charge is 0.444 e. The van der Waals surface area contributed by atoms with Crippen molar-refractivity contribution in [2.75, 3.05) is 18.0 Å². The Bertz CT molecular complexity index is 659. The van der Waals surface area contributed by atoms with Gasteiger partial charge in [-0.1, -0.05) is 18.2 Å². The highest BCUT2D eigenvalue weighted by molar-refractivity contribution is 5.91. The number of alkyl carbamates (subject to hydrolysis) is 1. The molecule has 0 saturated carbocycles. The highest BCUT2D eigenvalue weighted by atomic mass is 16.6. The van der Waals surface area contributed by atoms with E-state index in [0.717, 1.165) is 37.2 Å². The Kier molecular flexibility index (Phi) is 6.63. The molecule has 1 aliphatic heterocycles. The second-order valence-corrected chi connectivity index (χ2v) is 7.28. The van der Waals surface area contributed by atoms with Crippen molar-refractivity contribution in [1.29, 1.82) is 0 Å². The molecule has 2 rings (SSSR count). The molecule has 1 fully saturated rings. The lowest BCUT2D eigenvalue weighted by Crippen LogP contribution is -2.46. The molecule has 7 nitrogen and oxygen atoms in total. The molecule has 1 aromatic carbocycles. The molecule has 0 bridgehead atoms. The zero-order valence-corrected chi connectivity index (χ0v) is 15.5. The molecule has 1 aromatic rings. The Balaban J connectivity index is 1.95. The summed E-state index contributed by atoms with van der Waals surface area (Å²) in [7, 11) is 0. The van der Waals surface area contributed by atoms with Crippen LogP contribution in [0, 0.1) is 0 Å². The molecule has 26 heavy (non-hydrogen) atoms. The van der Waals surface area contributed by atoms with Crippen molar-refractivity contribution < 1.29 is 19.5 Å². The van der Waals surface area contributed by atoms with E-state index in [-0.39, 0.29) is 12.1 Å². The molecule has 3 N–H and O–H groups in total. The zero-order valence-electron chi connectivity index (χ0n) is 15.5. The van der Waals surface area contributed by atoms with Gasteiger partial charge in [0.2, 0.25) is 0 Å². The molecule has 1 saturated heterocycles. The first-order valence-electron chi connectivity index (χ1n) is 8.74. The van der Waals surface area contributed by atoms with Gasteiger partial charge in [-0.05, 0) is 51.3 Å². The van der Waals surface area contributed by atoms with Gasteiger partial charge in [0.15, 0.2) is 0 Å². The normalized spacial score (nSPS) is 15.8. The molecule has 0 aliphatic carbocycles. The highest BCUT2D eigenvalue weighted by Gasteiger charge is 2.24. The Morgan fingerprint density at radius 3 is 2.50 bits per heavy atom. The molecule has 0 aromatic heterocycles. The number of ether oxygens (including phenoxy) is 1. The fourth-order valence-electron chi connectivity index (χ4n) is 2.86. The molecule has 1 heterocycles. The van der Waals surface area contributed by atoms with E-state index >= 15 is 0 Å². The van der Waals surface area contributed by atoms with Gasteiger partial charge in [0, 0.05) is 30.9 Å². The predicted octanol–water partition coefficient (Wildman–Crippen LogP) is 2.70. The monoisotopic (exact) mass is 361 g/mol. The predicted molar refractivity (Wildman–Crippen MR) is 100 cm³/mol. The number of nitrogens with zero attached hydrogens (tertiary/aromatic N) is 1. The van der Waals surface area contributed by atoms with Crippen LogP contribution in [-0.4, -0.2) is 41.9 Å². The van der Waals surface area contributed by atoms with Crippen LogP contribution in [-0.2, 0) is 9.53 Å². The average molecular weight is 361 g/mol. The topological polar surface area (TPSA) is 90.9 Å². The summed E-state index contributed by atoms with van der Waals surface area (Å²) in [5.41, 5.74) is 3.00. The quantitative estimate of drug-likeness (QED) is 0.436. The van der Waals surface area contributed by atoms with Gasteiger partial charge in [0.1, 0.15) is 5.60 Å². The minimum atomic E-state index is -0.569. The molecular formula is C19H27N3O4. The molecule has 0 spiro atoms. The summed E-state index contributed by atoms with van der Waals surface area (Å²) in [6, 6.07) is 7.85. The number of para-hydroxylation sites is 1. The first-order valence-corrected chi connectivity index (χ1v) is 8.74. The van der Waals surface area contributed by atoms with Crippen molar-refractivity contribution in [3.63, 3.8) is 0 Å². The van der Waals surface area contributed by atoms with E-state index in [0.29, 0.717) is 0 Å². The van der Waals surface area contributed by atoms with Gasteiger partial charge >= 0.3 is 6.09 Å². The number of piperidine rings is 1. The van der Waals surface area contributed by atoms with E-state index in [4.69, 9.17) is 9.94 Å². The van der Waals surface area contributed by atoms with Crippen molar-refractivity contribution >= 4 is 23.8 Å². The molecule has 2 amide bonds. The van der Waals surface area contributed by atoms with Crippen LogP contribution in [0.4, 0.5) is 10.5 Å². The van der Waals surface area contributed by atoms with E-state index in [2.05, 4.69) is 10.2 Å². The molecule has 142 valence electrons. The van der Waals surface area contributed by atoms with Crippen LogP contribution in [0.25, 0.3) is 6.08 Å². The minimum Gasteiger partial charge on any atom is -0.444 e. The summed E-state index contributed by atoms with van der Waals surface area (Å²) in [5, 5.41) is 11.5. The van der Waals surface area contributed by atoms with E-state index in [9.17, 15) is 9.59 Å². The zero-order chi connectivity index (χ0) is 19.2. The lowest BCUT2D eigenvalue weighted by atomic mass is 10.0. The number of hydrogen-bond donors (Lipinski definition) is 3. The van der Waals surface area contributed by atoms with Crippen LogP contribution in [0.2, 0.25) is 0 Å². The van der Waals surface area contributed by atoms with Crippen molar-refractivity contribution in [2.45, 2.75) is 45.3 Å². The van der Waals surface area contributed by atoms with Gasteiger partial charge in [-0.25, -0.2) is 10.3 Å². The average Bonchev–Trinajstić information content (AvgIpc) is 2.59. The van der Waals surface area contributed by atoms with E-state index < -0.39 is 11.5 Å². The Labute approximate surface area is 154 Å². The summed E-state index contributed by atoms with van der Waals surface area (Å²) in [6.45, 7) is 7.11. The number of carbonyl (C=O) groups excluding carboxylic acids is 2. The van der Waals surface area contributed by atoms with Gasteiger partial charge in [-0.3, -0.25) is 10.0 Å². The summed E-state index contributed by atoms with van der Waals surface area (Å²) >= 11 is 0. The standard InChI is InChI=1S/C19H27N3O4/c1-19(2,3)26-18(24)20-15-10-12-22(13-11-15)16-7-5-4-6-14(16)8-9-17(23)21-25/h4-9,15,25H,10-13H2,1-3H3,(H,20,24)(H,21,23)/b9-8+. The number of benzene rings is 1. The van der Waals surface area contributed by atoms with Gasteiger partial charge < -0.3 is 15.0 Å². The van der Waals surface area contributed by atoms with Crippen molar-refractivity contribution in [1.82, 2.24) is 10.8 Å². The third-order valence-electron chi connectivity index (χ3n) is 4.02. The number of hydrogen-bond acceptors (Lipinski definition) is 5. The van der Waals surface area contributed by atoms with Gasteiger partial charge in [-0.15, -0.1) is 0 Å². The fraction of sp³-hybridized carbons (Fsp3) is 0.474. The first kappa shape index (κ1) is 19.8. The van der Waals surface area contributed by atoms with Gasteiger partial charge in [0.05, 0.1) is 0 Å². The van der Waals surface area contributed by atoms with Gasteiger partial charge in [-0.2, -0.15) is 0 Å². The van der Waals surface area contributed by atoms with Gasteiger partial charge in [0.25, 0.3) is 5.91 Å². The molecular weight excluding hydrogens is 334 g/mol. The molecule has 0 radical (unpaired) electrons. The van der Waals surface area contributed by atoms with Crippen molar-refractivity contribution in [2.24, 2.45) is 0 Å². The number of hydroxylamine groups is 1. The number of anilines is 1. The Morgan fingerprint density at radius 1 is 1.23 bits per heavy atom. The van der Waals surface area contributed by atoms with Crippen LogP contribution >= 0.6 is 0 Å². The molecule has 0 unspecified atom stereocenters. The van der Waals surface area contributed by atoms with Crippen molar-refractivity contribution in [3.8, 4) is 0 Å². The lowest BCUT2D eigenvalue weighted by molar-refractivity contribution is -0.124. The smallest absolute Gasteiger partial charge is 0.407 e. The number of amides is 2. The van der Waals surface area contributed by atoms with E-state index in [1.54, 1.807) is 11.6 Å². The number of carbonyl (C=O) groups is 2. The third-order valence-corrected chi connectivity index (χ3v) is 4.02. The molecule has 7 heteroatoms. The minimum absolute atomic E-state index is 0.0870. The maximum atomic E-state index is 11.9. The first-order chi connectivity index (χ1) is 12.3. The number of rotatable bonds is 4. The SMILES string of the molecule is CC(C)(C)OC(=O)NC1CCN(c2ccccc2/C=C/C(=O)NO)CC1. The molecule has 0 atom stereocenters. The van der Waals surface area contributed by atoms with E-state index in [1.807, 2.05) is 45.0 Å². The van der Waals surface area contributed by atoms with Crippen LogP contribution in [0.5, 0.6) is 0 Å². The summed E-state index contributed by atoms with van der Waals surface area (Å²) in [5.74, 6) is -0.569. The number of nitrogens with one attached hydrogen (secondary N) is 2. The maximum Gasteiger partial charge on any atom is 0.407 e. The summed E-state index contributed by atoms with van der Waals surface area (Å²) in [6.07, 6.45) is 4.21. The molecule has 1 aliphatic rings.